The molecule has 2 atom stereocenters. The van der Waals surface area contributed by atoms with Gasteiger partial charge in [0.25, 0.3) is 0 Å². The molecule has 2 rings (SSSR count). The maximum absolute atomic E-state index is 12.6. The van der Waals surface area contributed by atoms with E-state index in [9.17, 15) is 32.3 Å². The molecule has 0 radical (unpaired) electrons. The number of nitrogens with zero attached hydrogens (tertiary/aromatic N) is 3. The molecule has 1 aliphatic rings. The zero-order valence-electron chi connectivity index (χ0n) is 19.4. The number of esters is 2. The van der Waals surface area contributed by atoms with Crippen LogP contribution >= 0.6 is 11.8 Å². The molecule has 10 nitrogen and oxygen atoms in total. The molecule has 14 heteroatoms. The minimum atomic E-state index is -5.14. The zero-order valence-corrected chi connectivity index (χ0v) is 20.2. The van der Waals surface area contributed by atoms with Crippen LogP contribution in [0, 0.1) is 0 Å². The molecule has 35 heavy (non-hydrogen) atoms. The number of hydrogen-bond acceptors (Lipinski definition) is 10. The number of rotatable bonds is 9. The second kappa shape index (κ2) is 12.7. The number of halogens is 3. The standard InChI is InChI=1S/C21H26F3N3O7S/c1-4-32-18(29)11-16(19(30)33-5-2)27-9-6-15(25-27)10-14-12-26(34-20(31)21(22,23)24)8-7-17(14)35-13(3)28/h6,9-10,16-17H,4-5,7-8,11-12H2,1-3H3/b14-10+. The van der Waals surface area contributed by atoms with E-state index in [1.807, 2.05) is 0 Å². The Morgan fingerprint density at radius 1 is 1.23 bits per heavy atom. The Morgan fingerprint density at radius 3 is 2.51 bits per heavy atom. The Morgan fingerprint density at radius 2 is 1.91 bits per heavy atom. The molecule has 1 aliphatic heterocycles. The molecule has 0 saturated carbocycles. The molecule has 0 N–H and O–H groups in total. The molecule has 1 aromatic heterocycles. The van der Waals surface area contributed by atoms with Gasteiger partial charge in [0.2, 0.25) is 0 Å². The van der Waals surface area contributed by atoms with Gasteiger partial charge in [0.05, 0.1) is 31.9 Å². The first kappa shape index (κ1) is 28.4. The van der Waals surface area contributed by atoms with Crippen LogP contribution in [0.4, 0.5) is 13.2 Å². The lowest BCUT2D eigenvalue weighted by atomic mass is 10.0. The highest BCUT2D eigenvalue weighted by atomic mass is 32.2. The molecule has 0 bridgehead atoms. The molecular formula is C21H26F3N3O7S. The van der Waals surface area contributed by atoms with Crippen LogP contribution in [0.15, 0.2) is 17.8 Å². The van der Waals surface area contributed by atoms with Crippen LogP contribution in [0.25, 0.3) is 6.08 Å². The van der Waals surface area contributed by atoms with Crippen molar-refractivity contribution in [2.24, 2.45) is 0 Å². The van der Waals surface area contributed by atoms with Gasteiger partial charge in [-0.15, -0.1) is 5.06 Å². The van der Waals surface area contributed by atoms with E-state index in [-0.39, 0.29) is 49.5 Å². The van der Waals surface area contributed by atoms with Crippen LogP contribution in [-0.2, 0) is 33.5 Å². The van der Waals surface area contributed by atoms with Crippen LogP contribution in [0.1, 0.15) is 45.3 Å². The van der Waals surface area contributed by atoms with Crippen molar-refractivity contribution in [2.75, 3.05) is 26.3 Å². The van der Waals surface area contributed by atoms with Crippen molar-refractivity contribution >= 4 is 40.9 Å². The third kappa shape index (κ3) is 8.69. The van der Waals surface area contributed by atoms with E-state index >= 15 is 0 Å². The van der Waals surface area contributed by atoms with Crippen molar-refractivity contribution < 1.29 is 46.7 Å². The molecule has 2 heterocycles. The Bertz CT molecular complexity index is 964. The first-order chi connectivity index (χ1) is 16.4. The van der Waals surface area contributed by atoms with Crippen LogP contribution < -0.4 is 0 Å². The van der Waals surface area contributed by atoms with Crippen molar-refractivity contribution in [3.05, 3.63) is 23.5 Å². The van der Waals surface area contributed by atoms with Crippen molar-refractivity contribution in [3.8, 4) is 0 Å². The first-order valence-corrected chi connectivity index (χ1v) is 11.6. The van der Waals surface area contributed by atoms with Gasteiger partial charge >= 0.3 is 24.1 Å². The summed E-state index contributed by atoms with van der Waals surface area (Å²) in [6, 6.07) is 0.444. The van der Waals surface area contributed by atoms with E-state index in [4.69, 9.17) is 9.47 Å². The maximum Gasteiger partial charge on any atom is 0.492 e. The van der Waals surface area contributed by atoms with Crippen LogP contribution in [0.2, 0.25) is 0 Å². The average molecular weight is 522 g/mol. The van der Waals surface area contributed by atoms with Gasteiger partial charge in [-0.2, -0.15) is 18.3 Å². The minimum Gasteiger partial charge on any atom is -0.466 e. The highest BCUT2D eigenvalue weighted by molar-refractivity contribution is 8.14. The topological polar surface area (TPSA) is 117 Å². The Balaban J connectivity index is 2.28. The highest BCUT2D eigenvalue weighted by Crippen LogP contribution is 2.31. The summed E-state index contributed by atoms with van der Waals surface area (Å²) in [7, 11) is 0. The molecule has 0 spiro atoms. The summed E-state index contributed by atoms with van der Waals surface area (Å²) in [5.41, 5.74) is 0.811. The lowest BCUT2D eigenvalue weighted by Gasteiger charge is -2.32. The summed E-state index contributed by atoms with van der Waals surface area (Å²) in [6.45, 7) is 4.66. The van der Waals surface area contributed by atoms with Crippen molar-refractivity contribution in [3.63, 3.8) is 0 Å². The van der Waals surface area contributed by atoms with E-state index in [2.05, 4.69) is 9.94 Å². The van der Waals surface area contributed by atoms with Crippen molar-refractivity contribution in [1.29, 1.82) is 0 Å². The summed E-state index contributed by atoms with van der Waals surface area (Å²) >= 11 is 1.00. The number of thioether (sulfide) groups is 1. The van der Waals surface area contributed by atoms with Gasteiger partial charge in [-0.3, -0.25) is 14.3 Å². The Labute approximate surface area is 203 Å². The zero-order chi connectivity index (χ0) is 26.2. The monoisotopic (exact) mass is 521 g/mol. The van der Waals surface area contributed by atoms with Gasteiger partial charge in [-0.05, 0) is 38.0 Å². The van der Waals surface area contributed by atoms with E-state index in [1.54, 1.807) is 13.8 Å². The maximum atomic E-state index is 12.6. The smallest absolute Gasteiger partial charge is 0.466 e. The molecule has 1 saturated heterocycles. The molecule has 0 aromatic carbocycles. The fraction of sp³-hybridized carbons (Fsp3) is 0.571. The number of carbonyl (C=O) groups excluding carboxylic acids is 4. The molecule has 0 amide bonds. The third-order valence-electron chi connectivity index (χ3n) is 4.67. The summed E-state index contributed by atoms with van der Waals surface area (Å²) in [5.74, 6) is -3.64. The lowest BCUT2D eigenvalue weighted by molar-refractivity contribution is -0.238. The number of hydroxylamine groups is 2. The van der Waals surface area contributed by atoms with E-state index in [1.165, 1.54) is 29.9 Å². The quantitative estimate of drug-likeness (QED) is 0.449. The van der Waals surface area contributed by atoms with Gasteiger partial charge in [-0.1, -0.05) is 11.8 Å². The largest absolute Gasteiger partial charge is 0.492 e. The fourth-order valence-corrected chi connectivity index (χ4v) is 4.16. The predicted octanol–water partition coefficient (Wildman–Crippen LogP) is 2.70. The normalized spacial score (nSPS) is 18.7. The number of ether oxygens (including phenoxy) is 2. The summed E-state index contributed by atoms with van der Waals surface area (Å²) in [5, 5.41) is 4.60. The van der Waals surface area contributed by atoms with E-state index < -0.39 is 30.1 Å². The van der Waals surface area contributed by atoms with Gasteiger partial charge in [-0.25, -0.2) is 9.59 Å². The Hall–Kier alpha value is -2.87. The highest BCUT2D eigenvalue weighted by Gasteiger charge is 2.43. The van der Waals surface area contributed by atoms with Gasteiger partial charge in [0.1, 0.15) is 0 Å². The molecule has 194 valence electrons. The molecule has 0 aliphatic carbocycles. The first-order valence-electron chi connectivity index (χ1n) is 10.7. The number of aromatic nitrogens is 2. The number of hydrogen-bond donors (Lipinski definition) is 0. The lowest BCUT2D eigenvalue weighted by Crippen LogP contribution is -2.41. The molecule has 1 fully saturated rings. The number of piperidine rings is 1. The Kier molecular flexibility index (Phi) is 10.3. The van der Waals surface area contributed by atoms with Gasteiger partial charge in [0, 0.05) is 24.9 Å². The van der Waals surface area contributed by atoms with Crippen LogP contribution in [-0.4, -0.2) is 75.6 Å². The summed E-state index contributed by atoms with van der Waals surface area (Å²) < 4.78 is 48.9. The minimum absolute atomic E-state index is 0.00300. The van der Waals surface area contributed by atoms with Gasteiger partial charge < -0.3 is 14.3 Å². The second-order valence-electron chi connectivity index (χ2n) is 7.34. The predicted molar refractivity (Wildman–Crippen MR) is 118 cm³/mol. The number of alkyl halides is 3. The average Bonchev–Trinajstić information content (AvgIpc) is 3.21. The summed E-state index contributed by atoms with van der Waals surface area (Å²) in [6.07, 6.45) is -2.22. The van der Waals surface area contributed by atoms with Crippen molar-refractivity contribution in [1.82, 2.24) is 14.8 Å². The van der Waals surface area contributed by atoms with Crippen molar-refractivity contribution in [2.45, 2.75) is 51.1 Å². The third-order valence-corrected chi connectivity index (χ3v) is 5.83. The molecule has 1 aromatic rings. The van der Waals surface area contributed by atoms with Crippen LogP contribution in [0.3, 0.4) is 0 Å². The van der Waals surface area contributed by atoms with Crippen LogP contribution in [0.5, 0.6) is 0 Å². The SMILES string of the molecule is CCOC(=O)CC(C(=O)OCC)n1ccc(/C=C2\CN(OC(=O)C(F)(F)F)CCC2SC(C)=O)n1. The second-order valence-corrected chi connectivity index (χ2v) is 8.72. The molecule has 2 unspecified atom stereocenters. The number of carbonyl (C=O) groups is 4. The van der Waals surface area contributed by atoms with Gasteiger partial charge in [0.15, 0.2) is 11.2 Å². The summed E-state index contributed by atoms with van der Waals surface area (Å²) in [4.78, 5) is 51.7. The van der Waals surface area contributed by atoms with E-state index in [0.29, 0.717) is 11.3 Å². The molecular weight excluding hydrogens is 495 g/mol. The van der Waals surface area contributed by atoms with E-state index in [0.717, 1.165) is 16.8 Å². The fourth-order valence-electron chi connectivity index (χ4n) is 3.25.